The molecule has 26 heavy (non-hydrogen) atoms. The van der Waals surface area contributed by atoms with Crippen LogP contribution in [0, 0.1) is 0 Å². The van der Waals surface area contributed by atoms with Gasteiger partial charge in [0.25, 0.3) is 0 Å². The molecule has 2 aromatic carbocycles. The van der Waals surface area contributed by atoms with Crippen molar-refractivity contribution in [1.29, 1.82) is 0 Å². The van der Waals surface area contributed by atoms with E-state index < -0.39 is 0 Å². The van der Waals surface area contributed by atoms with Crippen LogP contribution in [0.2, 0.25) is 10.0 Å². The van der Waals surface area contributed by atoms with Crippen molar-refractivity contribution in [2.45, 2.75) is 12.8 Å². The second-order valence-corrected chi connectivity index (χ2v) is 6.22. The van der Waals surface area contributed by atoms with Gasteiger partial charge in [-0.3, -0.25) is 4.79 Å². The average molecular weight is 392 g/mol. The second-order valence-electron chi connectivity index (χ2n) is 5.41. The Morgan fingerprint density at radius 3 is 2.77 bits per heavy atom. The van der Waals surface area contributed by atoms with Crippen molar-refractivity contribution in [1.82, 2.24) is 10.2 Å². The second kappa shape index (κ2) is 8.21. The molecule has 0 atom stereocenters. The number of methoxy groups -OCH3 is 1. The Morgan fingerprint density at radius 2 is 2.00 bits per heavy atom. The average Bonchev–Trinajstić information content (AvgIpc) is 3.12. The van der Waals surface area contributed by atoms with E-state index in [1.807, 2.05) is 18.2 Å². The van der Waals surface area contributed by atoms with Crippen molar-refractivity contribution in [2.24, 2.45) is 0 Å². The molecular weight excluding hydrogens is 377 g/mol. The lowest BCUT2D eigenvalue weighted by Crippen LogP contribution is -2.12. The van der Waals surface area contributed by atoms with Crippen molar-refractivity contribution in [2.75, 3.05) is 12.4 Å². The molecule has 0 aliphatic heterocycles. The number of aryl methyl sites for hydroxylation is 1. The molecule has 0 fully saturated rings. The van der Waals surface area contributed by atoms with Crippen LogP contribution in [0.1, 0.15) is 12.3 Å². The highest BCUT2D eigenvalue weighted by Crippen LogP contribution is 2.25. The molecule has 3 aromatic rings. The maximum absolute atomic E-state index is 12.0. The molecule has 6 nitrogen and oxygen atoms in total. The van der Waals surface area contributed by atoms with E-state index in [0.717, 1.165) is 5.56 Å². The third-order valence-corrected chi connectivity index (χ3v) is 4.29. The van der Waals surface area contributed by atoms with Gasteiger partial charge < -0.3 is 14.5 Å². The topological polar surface area (TPSA) is 77.2 Å². The first-order valence-electron chi connectivity index (χ1n) is 7.77. The van der Waals surface area contributed by atoms with Gasteiger partial charge in [0.2, 0.25) is 17.7 Å². The molecule has 0 unspecified atom stereocenters. The summed E-state index contributed by atoms with van der Waals surface area (Å²) in [5, 5.41) is 11.5. The number of hydrogen-bond acceptors (Lipinski definition) is 5. The molecule has 0 saturated heterocycles. The van der Waals surface area contributed by atoms with E-state index in [0.29, 0.717) is 39.7 Å². The van der Waals surface area contributed by atoms with Gasteiger partial charge in [-0.25, -0.2) is 0 Å². The third kappa shape index (κ3) is 4.53. The van der Waals surface area contributed by atoms with E-state index in [2.05, 4.69) is 15.5 Å². The molecule has 0 aliphatic carbocycles. The molecule has 1 heterocycles. The van der Waals surface area contributed by atoms with Crippen LogP contribution in [0.3, 0.4) is 0 Å². The fraction of sp³-hybridized carbons (Fsp3) is 0.167. The van der Waals surface area contributed by atoms with Crippen LogP contribution in [-0.4, -0.2) is 23.2 Å². The van der Waals surface area contributed by atoms with Gasteiger partial charge in [0.05, 0.1) is 17.2 Å². The molecule has 8 heteroatoms. The lowest BCUT2D eigenvalue weighted by Gasteiger charge is -2.05. The molecule has 1 aromatic heterocycles. The van der Waals surface area contributed by atoms with E-state index in [9.17, 15) is 4.79 Å². The Morgan fingerprint density at radius 1 is 1.15 bits per heavy atom. The lowest BCUT2D eigenvalue weighted by atomic mass is 10.2. The number of carbonyl (C=O) groups excluding carboxylic acids is 1. The van der Waals surface area contributed by atoms with Crippen molar-refractivity contribution >= 4 is 34.8 Å². The molecule has 0 bridgehead atoms. The Kier molecular flexibility index (Phi) is 5.75. The molecule has 3 rings (SSSR count). The van der Waals surface area contributed by atoms with Crippen molar-refractivity contribution < 1.29 is 13.9 Å². The summed E-state index contributed by atoms with van der Waals surface area (Å²) in [5.41, 5.74) is 1.33. The van der Waals surface area contributed by atoms with Crippen LogP contribution in [-0.2, 0) is 11.2 Å². The highest BCUT2D eigenvalue weighted by atomic mass is 35.5. The van der Waals surface area contributed by atoms with Crippen LogP contribution < -0.4 is 10.1 Å². The zero-order chi connectivity index (χ0) is 18.5. The standard InChI is InChI=1S/C18H15Cl2N3O3/c1-25-13-4-2-3-11(9-13)18-23-22-17(26-18)8-7-16(24)21-12-5-6-14(19)15(20)10-12/h2-6,9-10H,7-8H2,1H3,(H,21,24). The van der Waals surface area contributed by atoms with E-state index >= 15 is 0 Å². The fourth-order valence-corrected chi connectivity index (χ4v) is 2.54. The number of nitrogens with one attached hydrogen (secondary N) is 1. The van der Waals surface area contributed by atoms with Gasteiger partial charge in [-0.15, -0.1) is 10.2 Å². The van der Waals surface area contributed by atoms with Crippen molar-refractivity contribution in [3.63, 3.8) is 0 Å². The van der Waals surface area contributed by atoms with Gasteiger partial charge in [-0.2, -0.15) is 0 Å². The molecule has 0 aliphatic rings. The first kappa shape index (κ1) is 18.2. The number of carbonyl (C=O) groups is 1. The smallest absolute Gasteiger partial charge is 0.247 e. The van der Waals surface area contributed by atoms with E-state index in [1.165, 1.54) is 0 Å². The molecule has 0 saturated carbocycles. The first-order valence-corrected chi connectivity index (χ1v) is 8.52. The number of benzene rings is 2. The highest BCUT2D eigenvalue weighted by Gasteiger charge is 2.12. The Bertz CT molecular complexity index is 928. The van der Waals surface area contributed by atoms with Crippen LogP contribution in [0.25, 0.3) is 11.5 Å². The van der Waals surface area contributed by atoms with Crippen LogP contribution in [0.15, 0.2) is 46.9 Å². The zero-order valence-corrected chi connectivity index (χ0v) is 15.3. The monoisotopic (exact) mass is 391 g/mol. The predicted octanol–water partition coefficient (Wildman–Crippen LogP) is 4.62. The third-order valence-electron chi connectivity index (χ3n) is 3.55. The highest BCUT2D eigenvalue weighted by molar-refractivity contribution is 6.42. The number of halogens is 2. The minimum Gasteiger partial charge on any atom is -0.497 e. The maximum Gasteiger partial charge on any atom is 0.247 e. The van der Waals surface area contributed by atoms with Gasteiger partial charge in [-0.05, 0) is 36.4 Å². The SMILES string of the molecule is COc1cccc(-c2nnc(CCC(=O)Nc3ccc(Cl)c(Cl)c3)o2)c1. The van der Waals surface area contributed by atoms with Crippen LogP contribution in [0.5, 0.6) is 5.75 Å². The Hall–Kier alpha value is -2.57. The maximum atomic E-state index is 12.0. The lowest BCUT2D eigenvalue weighted by molar-refractivity contribution is -0.116. The van der Waals surface area contributed by atoms with Crippen LogP contribution in [0.4, 0.5) is 5.69 Å². The summed E-state index contributed by atoms with van der Waals surface area (Å²) in [7, 11) is 1.59. The summed E-state index contributed by atoms with van der Waals surface area (Å²) < 4.78 is 10.8. The first-order chi connectivity index (χ1) is 12.5. The Balaban J connectivity index is 1.58. The number of ether oxygens (including phenoxy) is 1. The normalized spacial score (nSPS) is 10.6. The Labute approximate surface area is 160 Å². The van der Waals surface area contributed by atoms with E-state index in [-0.39, 0.29) is 12.3 Å². The summed E-state index contributed by atoms with van der Waals surface area (Å²) in [6.45, 7) is 0. The largest absolute Gasteiger partial charge is 0.497 e. The van der Waals surface area contributed by atoms with Gasteiger partial charge in [0.15, 0.2) is 0 Å². The number of hydrogen-bond donors (Lipinski definition) is 1. The summed E-state index contributed by atoms with van der Waals surface area (Å²) in [5.74, 6) is 1.27. The van der Waals surface area contributed by atoms with Gasteiger partial charge in [0, 0.05) is 24.1 Å². The summed E-state index contributed by atoms with van der Waals surface area (Å²) in [4.78, 5) is 12.0. The van der Waals surface area contributed by atoms with Crippen LogP contribution >= 0.6 is 23.2 Å². The van der Waals surface area contributed by atoms with Crippen molar-refractivity contribution in [3.8, 4) is 17.2 Å². The summed E-state index contributed by atoms with van der Waals surface area (Å²) >= 11 is 11.8. The fourth-order valence-electron chi connectivity index (χ4n) is 2.25. The van der Waals surface area contributed by atoms with Gasteiger partial charge in [0.1, 0.15) is 5.75 Å². The molecule has 0 radical (unpaired) electrons. The quantitative estimate of drug-likeness (QED) is 0.662. The summed E-state index contributed by atoms with van der Waals surface area (Å²) in [6, 6.07) is 12.2. The molecule has 1 N–H and O–H groups in total. The minimum atomic E-state index is -0.190. The summed E-state index contributed by atoms with van der Waals surface area (Å²) in [6.07, 6.45) is 0.518. The number of amides is 1. The number of nitrogens with zero attached hydrogens (tertiary/aromatic N) is 2. The molecule has 0 spiro atoms. The van der Waals surface area contributed by atoms with E-state index in [4.69, 9.17) is 32.4 Å². The molecule has 1 amide bonds. The predicted molar refractivity (Wildman–Crippen MR) is 99.7 cm³/mol. The number of anilines is 1. The number of aromatic nitrogens is 2. The van der Waals surface area contributed by atoms with E-state index in [1.54, 1.807) is 31.4 Å². The molecular formula is C18H15Cl2N3O3. The number of rotatable bonds is 6. The van der Waals surface area contributed by atoms with Gasteiger partial charge >= 0.3 is 0 Å². The van der Waals surface area contributed by atoms with Gasteiger partial charge in [-0.1, -0.05) is 29.3 Å². The molecule has 134 valence electrons. The zero-order valence-electron chi connectivity index (χ0n) is 13.8. The minimum absolute atomic E-state index is 0.190. The van der Waals surface area contributed by atoms with Crippen molar-refractivity contribution in [3.05, 3.63) is 58.4 Å².